The molecule has 1 aromatic carbocycles. The Labute approximate surface area is 214 Å². The van der Waals surface area contributed by atoms with E-state index in [1.54, 1.807) is 23.4 Å². The Morgan fingerprint density at radius 1 is 1.31 bits per heavy atom. The summed E-state index contributed by atoms with van der Waals surface area (Å²) >= 11 is 1.35. The van der Waals surface area contributed by atoms with Crippen molar-refractivity contribution >= 4 is 28.3 Å². The molecule has 0 fully saturated rings. The monoisotopic (exact) mass is 504 g/mol. The number of carbonyl (C=O) groups is 2. The summed E-state index contributed by atoms with van der Waals surface area (Å²) < 4.78 is 11.0. The van der Waals surface area contributed by atoms with E-state index < -0.39 is 6.09 Å². The number of rotatable bonds is 8. The predicted octanol–water partition coefficient (Wildman–Crippen LogP) is 5.24. The Hall–Kier alpha value is -3.90. The van der Waals surface area contributed by atoms with E-state index in [-0.39, 0.29) is 24.9 Å². The Bertz CT molecular complexity index is 1270. The van der Waals surface area contributed by atoms with Crippen molar-refractivity contribution in [3.63, 3.8) is 0 Å². The number of nitrogens with one attached hydrogen (secondary N) is 1. The van der Waals surface area contributed by atoms with Crippen molar-refractivity contribution in [1.82, 2.24) is 9.88 Å². The fraction of sp³-hybridized carbons (Fsp3) is 0.333. The summed E-state index contributed by atoms with van der Waals surface area (Å²) in [4.78, 5) is 32.0. The molecule has 2 aromatic heterocycles. The Morgan fingerprint density at radius 2 is 2.17 bits per heavy atom. The van der Waals surface area contributed by atoms with Gasteiger partial charge in [0.25, 0.3) is 0 Å². The number of ether oxygens (including phenoxy) is 2. The summed E-state index contributed by atoms with van der Waals surface area (Å²) in [5.41, 5.74) is 3.21. The zero-order chi connectivity index (χ0) is 25.5. The predicted molar refractivity (Wildman–Crippen MR) is 137 cm³/mol. The molecule has 4 rings (SSSR count). The number of pyridine rings is 1. The van der Waals surface area contributed by atoms with Crippen molar-refractivity contribution in [2.75, 3.05) is 18.5 Å². The number of nitrogens with zero attached hydrogens (tertiary/aromatic N) is 3. The van der Waals surface area contributed by atoms with Crippen molar-refractivity contribution in [2.24, 2.45) is 0 Å². The third-order valence-corrected chi connectivity index (χ3v) is 7.13. The highest BCUT2D eigenvalue weighted by atomic mass is 32.1. The van der Waals surface area contributed by atoms with Crippen LogP contribution in [0.3, 0.4) is 0 Å². The largest absolute Gasteiger partial charge is 0.494 e. The first kappa shape index (κ1) is 25.2. The lowest BCUT2D eigenvalue weighted by Gasteiger charge is -2.26. The van der Waals surface area contributed by atoms with Gasteiger partial charge in [-0.2, -0.15) is 5.26 Å². The average molecular weight is 505 g/mol. The van der Waals surface area contributed by atoms with Gasteiger partial charge in [0.15, 0.2) is 0 Å². The summed E-state index contributed by atoms with van der Waals surface area (Å²) in [6.45, 7) is 5.45. The summed E-state index contributed by atoms with van der Waals surface area (Å²) in [6.07, 6.45) is 3.72. The molecule has 0 unspecified atom stereocenters. The highest BCUT2D eigenvalue weighted by Crippen LogP contribution is 2.37. The van der Waals surface area contributed by atoms with E-state index in [1.807, 2.05) is 44.2 Å². The minimum absolute atomic E-state index is 0.0180. The van der Waals surface area contributed by atoms with E-state index in [2.05, 4.69) is 16.4 Å². The highest BCUT2D eigenvalue weighted by Gasteiger charge is 2.28. The maximum atomic E-state index is 12.8. The smallest absolute Gasteiger partial charge is 0.410 e. The van der Waals surface area contributed by atoms with E-state index in [0.29, 0.717) is 36.7 Å². The van der Waals surface area contributed by atoms with Gasteiger partial charge in [-0.15, -0.1) is 11.3 Å². The van der Waals surface area contributed by atoms with Gasteiger partial charge in [-0.25, -0.2) is 4.79 Å². The Morgan fingerprint density at radius 3 is 2.92 bits per heavy atom. The van der Waals surface area contributed by atoms with Crippen molar-refractivity contribution in [2.45, 2.75) is 45.8 Å². The number of benzene rings is 1. The number of carbonyl (C=O) groups excluding carboxylic acids is 2. The van der Waals surface area contributed by atoms with Crippen LogP contribution in [0.2, 0.25) is 0 Å². The van der Waals surface area contributed by atoms with Crippen LogP contribution >= 0.6 is 11.3 Å². The van der Waals surface area contributed by atoms with Gasteiger partial charge in [0, 0.05) is 35.8 Å². The standard InChI is InChI=1S/C27H28N4O4S/c1-3-34-21-8-4-7-20(13-21)18(2)12-25(32)30-26-23(14-28)22-9-11-31(16-24(22)36-26)27(33)35-17-19-6-5-10-29-15-19/h4-8,10,13,15,18H,3,9,11-12,16-17H2,1-2H3,(H,30,32)/t18-/m0/s1. The maximum absolute atomic E-state index is 12.8. The van der Waals surface area contributed by atoms with Gasteiger partial charge in [-0.05, 0) is 48.6 Å². The summed E-state index contributed by atoms with van der Waals surface area (Å²) in [7, 11) is 0. The summed E-state index contributed by atoms with van der Waals surface area (Å²) in [6, 6.07) is 13.6. The van der Waals surface area contributed by atoms with Gasteiger partial charge in [0.05, 0.1) is 18.7 Å². The van der Waals surface area contributed by atoms with E-state index in [9.17, 15) is 14.9 Å². The molecule has 186 valence electrons. The van der Waals surface area contributed by atoms with Crippen LogP contribution in [0.5, 0.6) is 5.75 Å². The van der Waals surface area contributed by atoms with Gasteiger partial charge >= 0.3 is 6.09 Å². The van der Waals surface area contributed by atoms with Crippen LogP contribution in [-0.2, 0) is 29.1 Å². The van der Waals surface area contributed by atoms with Crippen LogP contribution in [0.4, 0.5) is 9.80 Å². The molecular weight excluding hydrogens is 476 g/mol. The second-order valence-electron chi connectivity index (χ2n) is 8.57. The van der Waals surface area contributed by atoms with Crippen LogP contribution in [-0.4, -0.2) is 35.0 Å². The lowest BCUT2D eigenvalue weighted by molar-refractivity contribution is -0.116. The van der Waals surface area contributed by atoms with Gasteiger partial charge in [0.2, 0.25) is 5.91 Å². The lowest BCUT2D eigenvalue weighted by atomic mass is 9.97. The zero-order valence-electron chi connectivity index (χ0n) is 20.3. The number of hydrogen-bond donors (Lipinski definition) is 1. The van der Waals surface area contributed by atoms with Gasteiger partial charge < -0.3 is 19.7 Å². The van der Waals surface area contributed by atoms with Crippen molar-refractivity contribution in [1.29, 1.82) is 5.26 Å². The fourth-order valence-electron chi connectivity index (χ4n) is 4.14. The van der Waals surface area contributed by atoms with E-state index >= 15 is 0 Å². The van der Waals surface area contributed by atoms with Crippen molar-refractivity contribution in [3.05, 3.63) is 75.9 Å². The normalized spacial score (nSPS) is 13.3. The molecule has 36 heavy (non-hydrogen) atoms. The van der Waals surface area contributed by atoms with Gasteiger partial charge in [-0.3, -0.25) is 9.78 Å². The third-order valence-electron chi connectivity index (χ3n) is 5.99. The minimum atomic E-state index is -0.412. The zero-order valence-corrected chi connectivity index (χ0v) is 21.1. The third kappa shape index (κ3) is 6.01. The summed E-state index contributed by atoms with van der Waals surface area (Å²) in [5, 5.41) is 13.3. The molecule has 3 aromatic rings. The molecule has 9 heteroatoms. The van der Waals surface area contributed by atoms with Crippen LogP contribution in [0.1, 0.15) is 53.3 Å². The quantitative estimate of drug-likeness (QED) is 0.450. The fourth-order valence-corrected chi connectivity index (χ4v) is 5.37. The van der Waals surface area contributed by atoms with Crippen LogP contribution in [0.15, 0.2) is 48.8 Å². The molecule has 1 aliphatic rings. The van der Waals surface area contributed by atoms with E-state index in [4.69, 9.17) is 9.47 Å². The molecular formula is C27H28N4O4S. The van der Waals surface area contributed by atoms with E-state index in [1.165, 1.54) is 11.3 Å². The molecule has 1 N–H and O–H groups in total. The number of nitriles is 1. The van der Waals surface area contributed by atoms with E-state index in [0.717, 1.165) is 27.3 Å². The molecule has 2 amide bonds. The molecule has 0 saturated heterocycles. The Balaban J connectivity index is 1.38. The topological polar surface area (TPSA) is 105 Å². The molecule has 1 atom stereocenters. The van der Waals surface area contributed by atoms with Gasteiger partial charge in [-0.1, -0.05) is 25.1 Å². The van der Waals surface area contributed by atoms with Crippen LogP contribution in [0, 0.1) is 11.3 Å². The first-order chi connectivity index (χ1) is 17.5. The van der Waals surface area contributed by atoms with Crippen LogP contribution in [0.25, 0.3) is 0 Å². The molecule has 0 spiro atoms. The number of amides is 2. The SMILES string of the molecule is CCOc1cccc([C@@H](C)CC(=O)Nc2sc3c(c2C#N)CCN(C(=O)OCc2cccnc2)C3)c1. The van der Waals surface area contributed by atoms with Gasteiger partial charge in [0.1, 0.15) is 23.4 Å². The number of fused-ring (bicyclic) bond motifs is 1. The first-order valence-electron chi connectivity index (χ1n) is 11.9. The van der Waals surface area contributed by atoms with Crippen LogP contribution < -0.4 is 10.1 Å². The highest BCUT2D eigenvalue weighted by molar-refractivity contribution is 7.16. The lowest BCUT2D eigenvalue weighted by Crippen LogP contribution is -2.35. The number of hydrogen-bond acceptors (Lipinski definition) is 7. The number of thiophene rings is 1. The minimum Gasteiger partial charge on any atom is -0.494 e. The number of aromatic nitrogens is 1. The van der Waals surface area contributed by atoms with Crippen molar-refractivity contribution < 1.29 is 19.1 Å². The second-order valence-corrected chi connectivity index (χ2v) is 9.67. The molecule has 0 radical (unpaired) electrons. The molecule has 1 aliphatic heterocycles. The molecule has 0 aliphatic carbocycles. The average Bonchev–Trinajstić information content (AvgIpc) is 3.24. The number of anilines is 1. The maximum Gasteiger partial charge on any atom is 0.410 e. The first-order valence-corrected chi connectivity index (χ1v) is 12.7. The Kier molecular flexibility index (Phi) is 8.18. The molecule has 8 nitrogen and oxygen atoms in total. The molecule has 0 saturated carbocycles. The molecule has 0 bridgehead atoms. The summed E-state index contributed by atoms with van der Waals surface area (Å²) in [5.74, 6) is 0.603. The van der Waals surface area contributed by atoms with Crippen molar-refractivity contribution in [3.8, 4) is 11.8 Å². The molecule has 3 heterocycles. The second kappa shape index (κ2) is 11.7.